The summed E-state index contributed by atoms with van der Waals surface area (Å²) in [5, 5.41) is 20.7. The van der Waals surface area contributed by atoms with Gasteiger partial charge in [-0.05, 0) is 37.1 Å². The smallest absolute Gasteiger partial charge is 0.307 e. The maximum atomic E-state index is 11.6. The molecule has 0 saturated carbocycles. The van der Waals surface area contributed by atoms with E-state index in [-0.39, 0.29) is 12.8 Å². The maximum absolute atomic E-state index is 11.6. The number of hydrogen-bond acceptors (Lipinski definition) is 2. The lowest BCUT2D eigenvalue weighted by Gasteiger charge is -2.26. The van der Waals surface area contributed by atoms with Gasteiger partial charge in [-0.15, -0.1) is 0 Å². The van der Waals surface area contributed by atoms with Crippen molar-refractivity contribution >= 4 is 33.7 Å². The summed E-state index contributed by atoms with van der Waals surface area (Å²) in [5.41, 5.74) is 4.06. The molecule has 4 N–H and O–H groups in total. The Hall–Kier alpha value is -3.54. The fourth-order valence-corrected chi connectivity index (χ4v) is 4.26. The van der Waals surface area contributed by atoms with Crippen molar-refractivity contribution in [2.45, 2.75) is 32.1 Å². The minimum Gasteiger partial charge on any atom is -0.481 e. The first-order chi connectivity index (χ1) is 13.8. The average molecular weight is 390 g/mol. The van der Waals surface area contributed by atoms with E-state index in [1.165, 1.54) is 0 Å². The molecule has 0 atom stereocenters. The molecule has 4 aromatic rings. The highest BCUT2D eigenvalue weighted by atomic mass is 16.4. The monoisotopic (exact) mass is 390 g/mol. The molecule has 0 fully saturated rings. The van der Waals surface area contributed by atoms with Crippen LogP contribution in [-0.4, -0.2) is 32.1 Å². The van der Waals surface area contributed by atoms with Crippen LogP contribution in [0.2, 0.25) is 0 Å². The molecule has 0 spiro atoms. The van der Waals surface area contributed by atoms with Crippen LogP contribution in [0.15, 0.2) is 48.5 Å². The summed E-state index contributed by atoms with van der Waals surface area (Å²) in [5.74, 6) is -1.82. The molecule has 2 aromatic carbocycles. The molecular formula is C23H22N2O4. The highest BCUT2D eigenvalue weighted by Crippen LogP contribution is 2.40. The minimum atomic E-state index is -0.908. The first-order valence-electron chi connectivity index (χ1n) is 9.42. The zero-order valence-electron chi connectivity index (χ0n) is 16.2. The van der Waals surface area contributed by atoms with Gasteiger partial charge in [0.25, 0.3) is 0 Å². The van der Waals surface area contributed by atoms with E-state index in [1.807, 2.05) is 62.4 Å². The summed E-state index contributed by atoms with van der Waals surface area (Å²) in [4.78, 5) is 30.0. The lowest BCUT2D eigenvalue weighted by atomic mass is 9.80. The fourth-order valence-electron chi connectivity index (χ4n) is 4.26. The predicted molar refractivity (Wildman–Crippen MR) is 111 cm³/mol. The summed E-state index contributed by atoms with van der Waals surface area (Å²) in [6, 6.07) is 15.2. The zero-order valence-corrected chi connectivity index (χ0v) is 16.2. The molecule has 0 aliphatic rings. The van der Waals surface area contributed by atoms with Crippen LogP contribution >= 0.6 is 0 Å². The van der Waals surface area contributed by atoms with Crippen molar-refractivity contribution in [2.75, 3.05) is 0 Å². The van der Waals surface area contributed by atoms with Gasteiger partial charge < -0.3 is 20.2 Å². The van der Waals surface area contributed by atoms with Crippen LogP contribution in [0.25, 0.3) is 21.8 Å². The topological polar surface area (TPSA) is 106 Å². The van der Waals surface area contributed by atoms with Crippen molar-refractivity contribution in [1.82, 2.24) is 9.97 Å². The number of aromatic nitrogens is 2. The molecule has 6 heteroatoms. The molecule has 29 heavy (non-hydrogen) atoms. The van der Waals surface area contributed by atoms with E-state index < -0.39 is 17.4 Å². The molecule has 0 radical (unpaired) electrons. The summed E-state index contributed by atoms with van der Waals surface area (Å²) in [6.45, 7) is 3.97. The number of hydrogen-bond donors (Lipinski definition) is 4. The summed E-state index contributed by atoms with van der Waals surface area (Å²) >= 11 is 0. The highest BCUT2D eigenvalue weighted by molar-refractivity contribution is 5.91. The van der Waals surface area contributed by atoms with Crippen LogP contribution in [0, 0.1) is 0 Å². The predicted octanol–water partition coefficient (Wildman–Crippen LogP) is 4.23. The molecule has 0 aliphatic carbocycles. The average Bonchev–Trinajstić information content (AvgIpc) is 3.21. The number of carbonyl (C=O) groups is 2. The molecule has 148 valence electrons. The van der Waals surface area contributed by atoms with Crippen molar-refractivity contribution < 1.29 is 19.8 Å². The van der Waals surface area contributed by atoms with Crippen molar-refractivity contribution in [2.24, 2.45) is 0 Å². The molecule has 2 aromatic heterocycles. The van der Waals surface area contributed by atoms with E-state index in [4.69, 9.17) is 0 Å². The molecule has 0 saturated heterocycles. The first-order valence-corrected chi connectivity index (χ1v) is 9.42. The van der Waals surface area contributed by atoms with Crippen molar-refractivity contribution in [1.29, 1.82) is 0 Å². The second-order valence-corrected chi connectivity index (χ2v) is 7.81. The number of aromatic amines is 2. The van der Waals surface area contributed by atoms with E-state index in [0.29, 0.717) is 0 Å². The van der Waals surface area contributed by atoms with E-state index in [2.05, 4.69) is 9.97 Å². The van der Waals surface area contributed by atoms with Crippen molar-refractivity contribution in [3.63, 3.8) is 0 Å². The minimum absolute atomic E-state index is 0.114. The lowest BCUT2D eigenvalue weighted by molar-refractivity contribution is -0.137. The third kappa shape index (κ3) is 3.16. The Bertz CT molecular complexity index is 1150. The number of rotatable bonds is 6. The zero-order chi connectivity index (χ0) is 20.8. The van der Waals surface area contributed by atoms with Gasteiger partial charge in [0.1, 0.15) is 0 Å². The second-order valence-electron chi connectivity index (χ2n) is 7.81. The Morgan fingerprint density at radius 3 is 1.52 bits per heavy atom. The van der Waals surface area contributed by atoms with Gasteiger partial charge in [0, 0.05) is 38.6 Å². The lowest BCUT2D eigenvalue weighted by Crippen LogP contribution is -2.24. The number of H-pyrrole nitrogens is 2. The molecule has 0 amide bonds. The van der Waals surface area contributed by atoms with Crippen LogP contribution in [-0.2, 0) is 27.8 Å². The Morgan fingerprint density at radius 1 is 0.759 bits per heavy atom. The summed E-state index contributed by atoms with van der Waals surface area (Å²) in [7, 11) is 0. The Kier molecular flexibility index (Phi) is 4.42. The number of benzene rings is 2. The van der Waals surface area contributed by atoms with Gasteiger partial charge in [0.15, 0.2) is 0 Å². The van der Waals surface area contributed by atoms with Gasteiger partial charge in [-0.2, -0.15) is 0 Å². The molecule has 0 bridgehead atoms. The highest BCUT2D eigenvalue weighted by Gasteiger charge is 2.34. The first kappa shape index (κ1) is 18.8. The Balaban J connectivity index is 1.99. The van der Waals surface area contributed by atoms with Gasteiger partial charge in [-0.25, -0.2) is 0 Å². The van der Waals surface area contributed by atoms with Crippen LogP contribution < -0.4 is 0 Å². The third-order valence-electron chi connectivity index (χ3n) is 5.53. The second kappa shape index (κ2) is 6.81. The van der Waals surface area contributed by atoms with Crippen LogP contribution in [0.3, 0.4) is 0 Å². The van der Waals surface area contributed by atoms with Crippen molar-refractivity contribution in [3.05, 3.63) is 71.0 Å². The van der Waals surface area contributed by atoms with E-state index in [1.54, 1.807) is 0 Å². The van der Waals surface area contributed by atoms with E-state index in [9.17, 15) is 19.8 Å². The van der Waals surface area contributed by atoms with Gasteiger partial charge >= 0.3 is 11.9 Å². The molecule has 0 aliphatic heterocycles. The van der Waals surface area contributed by atoms with Gasteiger partial charge in [-0.3, -0.25) is 9.59 Å². The summed E-state index contributed by atoms with van der Waals surface area (Å²) in [6.07, 6.45) is -0.228. The normalized spacial score (nSPS) is 11.9. The third-order valence-corrected chi connectivity index (χ3v) is 5.53. The Morgan fingerprint density at radius 2 is 1.14 bits per heavy atom. The maximum Gasteiger partial charge on any atom is 0.307 e. The van der Waals surface area contributed by atoms with E-state index >= 15 is 0 Å². The molecule has 0 unspecified atom stereocenters. The molecule has 4 rings (SSSR count). The SMILES string of the molecule is CC(C)(c1[nH]c2ccccc2c1CC(=O)O)c1[nH]c2ccccc2c1CC(=O)O. The Labute approximate surface area is 167 Å². The fraction of sp³-hybridized carbons (Fsp3) is 0.217. The number of fused-ring (bicyclic) bond motifs is 2. The standard InChI is InChI=1S/C23H22N2O4/c1-23(2,21-15(11-19(26)27)13-7-3-5-9-17(13)24-21)22-16(12-20(28)29)14-8-4-6-10-18(14)25-22/h3-10,24-25H,11-12H2,1-2H3,(H,26,27)(H,28,29). The van der Waals surface area contributed by atoms with E-state index in [0.717, 1.165) is 44.3 Å². The number of nitrogens with one attached hydrogen (secondary N) is 2. The van der Waals surface area contributed by atoms with Crippen molar-refractivity contribution in [3.8, 4) is 0 Å². The number of para-hydroxylation sites is 2. The van der Waals surface area contributed by atoms with Gasteiger partial charge in [0.05, 0.1) is 12.8 Å². The number of aliphatic carboxylic acids is 2. The summed E-state index contributed by atoms with van der Waals surface area (Å²) < 4.78 is 0. The number of carboxylic acid groups (broad SMARTS) is 2. The number of carboxylic acids is 2. The quantitative estimate of drug-likeness (QED) is 0.395. The van der Waals surface area contributed by atoms with Gasteiger partial charge in [0.2, 0.25) is 0 Å². The van der Waals surface area contributed by atoms with Crippen LogP contribution in [0.1, 0.15) is 36.4 Å². The molecular weight excluding hydrogens is 368 g/mol. The van der Waals surface area contributed by atoms with Crippen LogP contribution in [0.4, 0.5) is 0 Å². The van der Waals surface area contributed by atoms with Gasteiger partial charge in [-0.1, -0.05) is 36.4 Å². The van der Waals surface area contributed by atoms with Crippen LogP contribution in [0.5, 0.6) is 0 Å². The molecule has 6 nitrogen and oxygen atoms in total. The molecule has 2 heterocycles. The largest absolute Gasteiger partial charge is 0.481 e.